The molecule has 0 unspecified atom stereocenters. The highest BCUT2D eigenvalue weighted by Gasteiger charge is 2.45. The topological polar surface area (TPSA) is 204 Å². The van der Waals surface area contributed by atoms with Gasteiger partial charge in [-0.3, -0.25) is 14.9 Å². The van der Waals surface area contributed by atoms with Crippen molar-refractivity contribution in [1.29, 1.82) is 0 Å². The van der Waals surface area contributed by atoms with Crippen molar-refractivity contribution in [2.45, 2.75) is 36.4 Å². The number of carbonyl (C=O) groups excluding carboxylic acids is 3. The van der Waals surface area contributed by atoms with E-state index in [0.29, 0.717) is 6.07 Å². The highest BCUT2D eigenvalue weighted by Crippen LogP contribution is 2.41. The molecule has 3 atom stereocenters. The summed E-state index contributed by atoms with van der Waals surface area (Å²) in [6.07, 6.45) is -4.15. The van der Waals surface area contributed by atoms with Crippen LogP contribution in [0.3, 0.4) is 0 Å². The van der Waals surface area contributed by atoms with Crippen LogP contribution in [0.4, 0.5) is 34.1 Å². The van der Waals surface area contributed by atoms with Crippen LogP contribution < -0.4 is 21.1 Å². The minimum Gasteiger partial charge on any atom is -0.494 e. The molecule has 262 valence electrons. The van der Waals surface area contributed by atoms with Crippen LogP contribution in [0.1, 0.15) is 46.9 Å². The molecule has 0 aromatic heterocycles. The third kappa shape index (κ3) is 7.80. The minimum absolute atomic E-state index is 0.0237. The molecular formula is C31H31F3N4O10S. The summed E-state index contributed by atoms with van der Waals surface area (Å²) in [6, 6.07) is 4.85. The molecule has 18 heteroatoms. The van der Waals surface area contributed by atoms with Gasteiger partial charge in [-0.05, 0) is 47.5 Å². The summed E-state index contributed by atoms with van der Waals surface area (Å²) >= 11 is 0. The molecule has 0 spiro atoms. The Kier molecular flexibility index (Phi) is 10.9. The number of hydrogen-bond donors (Lipinski definition) is 4. The lowest BCUT2D eigenvalue weighted by molar-refractivity contribution is -0.134. The average Bonchev–Trinajstić information content (AvgIpc) is 3.46. The third-order valence-corrected chi connectivity index (χ3v) is 9.53. The van der Waals surface area contributed by atoms with E-state index in [1.165, 1.54) is 19.1 Å². The molecule has 5 N–H and O–H groups in total. The number of carbonyl (C=O) groups is 4. The number of hydrogen-bond acceptors (Lipinski definition) is 10. The quantitative estimate of drug-likeness (QED) is 0.206. The number of sulfone groups is 1. The van der Waals surface area contributed by atoms with Crippen molar-refractivity contribution in [3.63, 3.8) is 0 Å². The van der Waals surface area contributed by atoms with E-state index >= 15 is 4.39 Å². The van der Waals surface area contributed by atoms with Gasteiger partial charge < -0.3 is 35.3 Å². The van der Waals surface area contributed by atoms with E-state index in [1.807, 2.05) is 0 Å². The fourth-order valence-electron chi connectivity index (χ4n) is 5.41. The summed E-state index contributed by atoms with van der Waals surface area (Å²) in [5.74, 6) is -6.24. The molecular weight excluding hydrogens is 677 g/mol. The normalized spacial score (nSPS) is 16.4. The molecule has 1 aliphatic rings. The molecule has 1 fully saturated rings. The van der Waals surface area contributed by atoms with E-state index in [4.69, 9.17) is 15.2 Å². The number of primary amides is 1. The minimum atomic E-state index is -4.06. The number of amides is 3. The largest absolute Gasteiger partial charge is 0.506 e. The van der Waals surface area contributed by atoms with Crippen molar-refractivity contribution in [3.05, 3.63) is 82.7 Å². The van der Waals surface area contributed by atoms with Gasteiger partial charge in [0, 0.05) is 24.7 Å². The van der Waals surface area contributed by atoms with Crippen molar-refractivity contribution in [3.8, 4) is 5.75 Å². The zero-order valence-electron chi connectivity index (χ0n) is 26.2. The smallest absolute Gasteiger partial charge is 0.494 e. The van der Waals surface area contributed by atoms with Crippen molar-refractivity contribution in [1.82, 2.24) is 4.90 Å². The van der Waals surface area contributed by atoms with Crippen LogP contribution in [0.5, 0.6) is 5.75 Å². The Labute approximate surface area is 277 Å². The second-order valence-electron chi connectivity index (χ2n) is 10.6. The van der Waals surface area contributed by atoms with Crippen molar-refractivity contribution < 1.29 is 60.1 Å². The molecule has 14 nitrogen and oxygen atoms in total. The summed E-state index contributed by atoms with van der Waals surface area (Å²) in [5.41, 5.74) is 3.81. The number of methoxy groups -OCH3 is 2. The lowest BCUT2D eigenvalue weighted by atomic mass is 9.99. The average molecular weight is 709 g/mol. The van der Waals surface area contributed by atoms with Crippen LogP contribution in [-0.4, -0.2) is 75.1 Å². The fraction of sp³-hybridized carbons (Fsp3) is 0.290. The summed E-state index contributed by atoms with van der Waals surface area (Å²) in [6.45, 7) is 1.12. The number of nitrogens with zero attached hydrogens (tertiary/aromatic N) is 1. The Balaban J connectivity index is 1.93. The van der Waals surface area contributed by atoms with Gasteiger partial charge in [-0.2, -0.15) is 0 Å². The van der Waals surface area contributed by atoms with Gasteiger partial charge in [0.1, 0.15) is 23.8 Å². The van der Waals surface area contributed by atoms with Gasteiger partial charge in [0.15, 0.2) is 21.4 Å². The zero-order valence-corrected chi connectivity index (χ0v) is 27.0. The van der Waals surface area contributed by atoms with E-state index in [1.54, 1.807) is 0 Å². The number of nitrogens with two attached hydrogens (primary N) is 1. The number of carboxylic acid groups (broad SMARTS) is 1. The third-order valence-electron chi connectivity index (χ3n) is 7.73. The van der Waals surface area contributed by atoms with Gasteiger partial charge in [0.25, 0.3) is 5.91 Å². The number of ether oxygens (including phenoxy) is 3. The van der Waals surface area contributed by atoms with E-state index in [-0.39, 0.29) is 40.4 Å². The van der Waals surface area contributed by atoms with Crippen LogP contribution in [-0.2, 0) is 24.1 Å². The SMILES string of the molecule is CCS(=O)(=O)c1ccc(NC(=O)OC)cc1[C@@H]1[C@@H](OC(=O)O)CCN1C(=O)[C@H](Nc1cc(C(N)=O)c(F)cc1F)c1ccc(F)c(OC)c1. The second kappa shape index (κ2) is 14.7. The van der Waals surface area contributed by atoms with E-state index < -0.39 is 86.5 Å². The number of halogens is 3. The lowest BCUT2D eigenvalue weighted by Gasteiger charge is -2.33. The molecule has 1 aliphatic heterocycles. The second-order valence-corrected chi connectivity index (χ2v) is 12.9. The Bertz CT molecular complexity index is 1910. The van der Waals surface area contributed by atoms with Crippen LogP contribution in [0.15, 0.2) is 53.4 Å². The fourth-order valence-corrected chi connectivity index (χ4v) is 6.54. The Morgan fingerprint density at radius 2 is 1.73 bits per heavy atom. The van der Waals surface area contributed by atoms with Gasteiger partial charge in [-0.25, -0.2) is 31.2 Å². The van der Waals surface area contributed by atoms with Crippen molar-refractivity contribution >= 4 is 45.3 Å². The lowest BCUT2D eigenvalue weighted by Crippen LogP contribution is -2.40. The number of benzene rings is 3. The van der Waals surface area contributed by atoms with Crippen LogP contribution >= 0.6 is 0 Å². The van der Waals surface area contributed by atoms with Crippen LogP contribution in [0, 0.1) is 17.5 Å². The number of rotatable bonds is 11. The van der Waals surface area contributed by atoms with Gasteiger partial charge in [-0.15, -0.1) is 0 Å². The molecule has 3 amide bonds. The first kappa shape index (κ1) is 36.3. The van der Waals surface area contributed by atoms with E-state index in [2.05, 4.69) is 15.4 Å². The molecule has 49 heavy (non-hydrogen) atoms. The Morgan fingerprint density at radius 3 is 2.35 bits per heavy atom. The first-order chi connectivity index (χ1) is 23.1. The molecule has 1 heterocycles. The molecule has 3 aromatic carbocycles. The molecule has 0 radical (unpaired) electrons. The van der Waals surface area contributed by atoms with Gasteiger partial charge in [0.2, 0.25) is 5.91 Å². The van der Waals surface area contributed by atoms with Gasteiger partial charge in [-0.1, -0.05) is 13.0 Å². The Hall–Kier alpha value is -5.52. The maximum atomic E-state index is 15.1. The maximum absolute atomic E-state index is 15.1. The standard InChI is InChI=1S/C31H31F3N4O10S/c1-4-49(44,45)25-8-6-16(36-30(41)47-3)12-18(25)27-23(48-31(42)43)9-10-38(27)29(40)26(15-5-7-19(32)24(11-15)46-2)37-22-13-17(28(35)39)20(33)14-21(22)34/h5-8,11-14,23,26-27,37H,4,9-10H2,1-3H3,(H2,35,39)(H,36,41)(H,42,43)/t23-,26+,27+/m0/s1. The molecule has 0 bridgehead atoms. The number of anilines is 2. The molecule has 0 saturated carbocycles. The summed E-state index contributed by atoms with van der Waals surface area (Å²) in [4.78, 5) is 50.9. The summed E-state index contributed by atoms with van der Waals surface area (Å²) < 4.78 is 85.2. The highest BCUT2D eigenvalue weighted by molar-refractivity contribution is 7.91. The molecule has 0 aliphatic carbocycles. The van der Waals surface area contributed by atoms with Crippen LogP contribution in [0.2, 0.25) is 0 Å². The first-order valence-corrected chi connectivity index (χ1v) is 16.1. The monoisotopic (exact) mass is 708 g/mol. The van der Waals surface area contributed by atoms with E-state index in [9.17, 15) is 41.5 Å². The first-order valence-electron chi connectivity index (χ1n) is 14.4. The summed E-state index contributed by atoms with van der Waals surface area (Å²) in [7, 11) is -1.82. The summed E-state index contributed by atoms with van der Waals surface area (Å²) in [5, 5.41) is 14.5. The van der Waals surface area contributed by atoms with Crippen molar-refractivity contribution in [2.75, 3.05) is 37.2 Å². The zero-order chi connectivity index (χ0) is 36.2. The van der Waals surface area contributed by atoms with Crippen molar-refractivity contribution in [2.24, 2.45) is 5.73 Å². The number of nitrogens with one attached hydrogen (secondary N) is 2. The highest BCUT2D eigenvalue weighted by atomic mass is 32.2. The van der Waals surface area contributed by atoms with Gasteiger partial charge in [0.05, 0.1) is 42.2 Å². The Morgan fingerprint density at radius 1 is 1.02 bits per heavy atom. The molecule has 4 rings (SSSR count). The van der Waals surface area contributed by atoms with Gasteiger partial charge >= 0.3 is 12.2 Å². The van der Waals surface area contributed by atoms with Crippen LogP contribution in [0.25, 0.3) is 0 Å². The predicted octanol–water partition coefficient (Wildman–Crippen LogP) is 4.37. The molecule has 3 aromatic rings. The number of likely N-dealkylation sites (tertiary alicyclic amines) is 1. The predicted molar refractivity (Wildman–Crippen MR) is 166 cm³/mol. The van der Waals surface area contributed by atoms with E-state index in [0.717, 1.165) is 49.5 Å². The molecule has 1 saturated heterocycles. The maximum Gasteiger partial charge on any atom is 0.506 e.